The van der Waals surface area contributed by atoms with Crippen LogP contribution in [0.5, 0.6) is 11.5 Å². The molecule has 1 aromatic carbocycles. The van der Waals surface area contributed by atoms with Crippen molar-refractivity contribution in [2.45, 2.75) is 44.7 Å². The zero-order valence-electron chi connectivity index (χ0n) is 11.9. The second-order valence-electron chi connectivity index (χ2n) is 6.00. The van der Waals surface area contributed by atoms with Crippen LogP contribution in [-0.2, 0) is 6.54 Å². The Hall–Kier alpha value is -0.930. The molecule has 1 aliphatic carbocycles. The molecule has 2 fully saturated rings. The van der Waals surface area contributed by atoms with Crippen LogP contribution < -0.4 is 4.74 Å². The summed E-state index contributed by atoms with van der Waals surface area (Å²) < 4.78 is 5.18. The quantitative estimate of drug-likeness (QED) is 0.920. The zero-order chi connectivity index (χ0) is 14.1. The van der Waals surface area contributed by atoms with Crippen molar-refractivity contribution in [3.63, 3.8) is 0 Å². The molecule has 1 N–H and O–H groups in total. The van der Waals surface area contributed by atoms with Gasteiger partial charge in [-0.25, -0.2) is 0 Å². The van der Waals surface area contributed by atoms with Crippen LogP contribution in [0.25, 0.3) is 0 Å². The van der Waals surface area contributed by atoms with Gasteiger partial charge in [-0.2, -0.15) is 0 Å². The number of phenolic OH excluding ortho intramolecular Hbond substituents is 1. The van der Waals surface area contributed by atoms with Crippen molar-refractivity contribution in [2.75, 3.05) is 13.7 Å². The number of benzene rings is 1. The second kappa shape index (κ2) is 5.82. The molecule has 2 aliphatic rings. The standard InChI is InChI=1S/C16H22ClNO2/c1-20-15-9-11(8-13(17)16(15)19)10-18-7-6-12-4-2-3-5-14(12)18/h8-9,12,14,19H,2-7,10H2,1H3. The van der Waals surface area contributed by atoms with Crippen molar-refractivity contribution in [1.29, 1.82) is 0 Å². The Kier molecular flexibility index (Phi) is 4.08. The molecule has 3 nitrogen and oxygen atoms in total. The van der Waals surface area contributed by atoms with E-state index in [-0.39, 0.29) is 5.75 Å². The molecule has 0 bridgehead atoms. The minimum atomic E-state index is 0.0369. The molecular weight excluding hydrogens is 274 g/mol. The van der Waals surface area contributed by atoms with E-state index in [1.165, 1.54) is 38.6 Å². The lowest BCUT2D eigenvalue weighted by molar-refractivity contribution is 0.176. The summed E-state index contributed by atoms with van der Waals surface area (Å²) in [6, 6.07) is 4.50. The fraction of sp³-hybridized carbons (Fsp3) is 0.625. The third kappa shape index (κ3) is 2.61. The maximum Gasteiger partial charge on any atom is 0.176 e. The number of hydrogen-bond donors (Lipinski definition) is 1. The smallest absolute Gasteiger partial charge is 0.176 e. The van der Waals surface area contributed by atoms with Gasteiger partial charge in [0.15, 0.2) is 11.5 Å². The molecule has 1 aromatic rings. The highest BCUT2D eigenvalue weighted by atomic mass is 35.5. The van der Waals surface area contributed by atoms with Crippen LogP contribution in [0, 0.1) is 5.92 Å². The molecule has 0 amide bonds. The Morgan fingerprint density at radius 1 is 1.30 bits per heavy atom. The van der Waals surface area contributed by atoms with Crippen LogP contribution in [0.3, 0.4) is 0 Å². The van der Waals surface area contributed by atoms with Gasteiger partial charge in [-0.15, -0.1) is 0 Å². The van der Waals surface area contributed by atoms with Crippen molar-refractivity contribution in [1.82, 2.24) is 4.90 Å². The molecule has 1 aliphatic heterocycles. The van der Waals surface area contributed by atoms with E-state index in [9.17, 15) is 5.11 Å². The van der Waals surface area contributed by atoms with E-state index in [1.807, 2.05) is 12.1 Å². The summed E-state index contributed by atoms with van der Waals surface area (Å²) in [5.41, 5.74) is 1.12. The highest BCUT2D eigenvalue weighted by Crippen LogP contribution is 2.39. The van der Waals surface area contributed by atoms with E-state index in [1.54, 1.807) is 7.11 Å². The maximum atomic E-state index is 9.80. The summed E-state index contributed by atoms with van der Waals surface area (Å²) in [7, 11) is 1.56. The lowest BCUT2D eigenvalue weighted by Crippen LogP contribution is -2.34. The molecule has 3 rings (SSSR count). The van der Waals surface area contributed by atoms with E-state index in [4.69, 9.17) is 16.3 Å². The van der Waals surface area contributed by atoms with E-state index in [2.05, 4.69) is 4.90 Å². The number of hydrogen-bond acceptors (Lipinski definition) is 3. The topological polar surface area (TPSA) is 32.7 Å². The molecule has 20 heavy (non-hydrogen) atoms. The Morgan fingerprint density at radius 2 is 2.10 bits per heavy atom. The number of ether oxygens (including phenoxy) is 1. The first kappa shape index (κ1) is 14.0. The Morgan fingerprint density at radius 3 is 2.90 bits per heavy atom. The van der Waals surface area contributed by atoms with Gasteiger partial charge in [-0.3, -0.25) is 4.90 Å². The average molecular weight is 296 g/mol. The third-order valence-corrected chi connectivity index (χ3v) is 5.11. The van der Waals surface area contributed by atoms with Crippen LogP contribution in [0.15, 0.2) is 12.1 Å². The predicted molar refractivity (Wildman–Crippen MR) is 80.4 cm³/mol. The van der Waals surface area contributed by atoms with Gasteiger partial charge < -0.3 is 9.84 Å². The molecule has 1 saturated heterocycles. The van der Waals surface area contributed by atoms with Crippen LogP contribution in [0.1, 0.15) is 37.7 Å². The molecular formula is C16H22ClNO2. The van der Waals surface area contributed by atoms with Gasteiger partial charge in [0.2, 0.25) is 0 Å². The van der Waals surface area contributed by atoms with Gasteiger partial charge >= 0.3 is 0 Å². The van der Waals surface area contributed by atoms with Crippen LogP contribution in [-0.4, -0.2) is 29.7 Å². The van der Waals surface area contributed by atoms with Gasteiger partial charge in [0.1, 0.15) is 0 Å². The maximum absolute atomic E-state index is 9.80. The number of methoxy groups -OCH3 is 1. The number of rotatable bonds is 3. The highest BCUT2D eigenvalue weighted by Gasteiger charge is 2.35. The molecule has 110 valence electrons. The van der Waals surface area contributed by atoms with Crippen molar-refractivity contribution in [3.8, 4) is 11.5 Å². The molecule has 0 spiro atoms. The summed E-state index contributed by atoms with van der Waals surface area (Å²) in [6.07, 6.45) is 6.80. The van der Waals surface area contributed by atoms with Gasteiger partial charge in [0.05, 0.1) is 12.1 Å². The summed E-state index contributed by atoms with van der Waals surface area (Å²) in [5, 5.41) is 10.2. The molecule has 4 heteroatoms. The minimum absolute atomic E-state index is 0.0369. The monoisotopic (exact) mass is 295 g/mol. The van der Waals surface area contributed by atoms with Crippen molar-refractivity contribution < 1.29 is 9.84 Å². The first-order valence-electron chi connectivity index (χ1n) is 7.48. The summed E-state index contributed by atoms with van der Waals surface area (Å²) in [6.45, 7) is 2.08. The SMILES string of the molecule is COc1cc(CN2CCC3CCCCC32)cc(Cl)c1O. The highest BCUT2D eigenvalue weighted by molar-refractivity contribution is 6.32. The van der Waals surface area contributed by atoms with E-state index in [0.717, 1.165) is 24.1 Å². The summed E-state index contributed by atoms with van der Waals surface area (Å²) in [5.74, 6) is 1.39. The van der Waals surface area contributed by atoms with Gasteiger partial charge in [-0.1, -0.05) is 24.4 Å². The largest absolute Gasteiger partial charge is 0.503 e. The van der Waals surface area contributed by atoms with E-state index < -0.39 is 0 Å². The lowest BCUT2D eigenvalue weighted by Gasteiger charge is -2.31. The second-order valence-corrected chi connectivity index (χ2v) is 6.41. The molecule has 1 heterocycles. The average Bonchev–Trinajstić information content (AvgIpc) is 2.86. The van der Waals surface area contributed by atoms with Crippen molar-refractivity contribution in [2.24, 2.45) is 5.92 Å². The number of phenols is 1. The van der Waals surface area contributed by atoms with Crippen LogP contribution in [0.4, 0.5) is 0 Å². The Labute approximate surface area is 125 Å². The molecule has 0 radical (unpaired) electrons. The van der Waals surface area contributed by atoms with Gasteiger partial charge in [0, 0.05) is 12.6 Å². The van der Waals surface area contributed by atoms with E-state index >= 15 is 0 Å². The Balaban J connectivity index is 1.76. The third-order valence-electron chi connectivity index (χ3n) is 4.82. The normalized spacial score (nSPS) is 26.5. The van der Waals surface area contributed by atoms with Gasteiger partial charge in [-0.05, 0) is 49.4 Å². The fourth-order valence-electron chi connectivity index (χ4n) is 3.81. The molecule has 1 saturated carbocycles. The number of likely N-dealkylation sites (tertiary alicyclic amines) is 1. The van der Waals surface area contributed by atoms with Crippen molar-refractivity contribution >= 4 is 11.6 Å². The summed E-state index contributed by atoms with van der Waals surface area (Å²) >= 11 is 6.07. The number of halogens is 1. The zero-order valence-corrected chi connectivity index (χ0v) is 12.7. The molecule has 2 unspecified atom stereocenters. The van der Waals surface area contributed by atoms with Crippen molar-refractivity contribution in [3.05, 3.63) is 22.7 Å². The summed E-state index contributed by atoms with van der Waals surface area (Å²) in [4.78, 5) is 2.58. The molecule has 0 aromatic heterocycles. The van der Waals surface area contributed by atoms with E-state index in [0.29, 0.717) is 10.8 Å². The van der Waals surface area contributed by atoms with Crippen LogP contribution in [0.2, 0.25) is 5.02 Å². The first-order valence-corrected chi connectivity index (χ1v) is 7.86. The fourth-order valence-corrected chi connectivity index (χ4v) is 4.04. The minimum Gasteiger partial charge on any atom is -0.503 e. The lowest BCUT2D eigenvalue weighted by atomic mass is 9.85. The van der Waals surface area contributed by atoms with Gasteiger partial charge in [0.25, 0.3) is 0 Å². The van der Waals surface area contributed by atoms with Crippen LogP contribution >= 0.6 is 11.6 Å². The Bertz CT molecular complexity index is 492. The first-order chi connectivity index (χ1) is 9.69. The number of nitrogens with zero attached hydrogens (tertiary/aromatic N) is 1. The number of aromatic hydroxyl groups is 1. The number of fused-ring (bicyclic) bond motifs is 1. The molecule has 2 atom stereocenters. The predicted octanol–water partition coefficient (Wildman–Crippen LogP) is 3.82.